The van der Waals surface area contributed by atoms with Gasteiger partial charge in [-0.2, -0.15) is 0 Å². The van der Waals surface area contributed by atoms with E-state index in [4.69, 9.17) is 0 Å². The fourth-order valence-corrected chi connectivity index (χ4v) is 3.06. The highest BCUT2D eigenvalue weighted by Crippen LogP contribution is 2.26. The number of carbonyl (C=O) groups excluding carboxylic acids is 2. The molecule has 1 amide bonds. The Hall–Kier alpha value is -3.28. The van der Waals surface area contributed by atoms with Crippen LogP contribution in [-0.4, -0.2) is 33.2 Å². The average molecular weight is 362 g/mol. The van der Waals surface area contributed by atoms with Gasteiger partial charge in [0.2, 0.25) is 0 Å². The minimum Gasteiger partial charge on any atom is -0.356 e. The Labute approximate surface area is 158 Å². The fourth-order valence-electron chi connectivity index (χ4n) is 3.06. The number of carbonyl (C=O) groups is 2. The van der Waals surface area contributed by atoms with Gasteiger partial charge in [-0.15, -0.1) is 0 Å². The highest BCUT2D eigenvalue weighted by molar-refractivity contribution is 6.00. The molecule has 0 unspecified atom stereocenters. The van der Waals surface area contributed by atoms with Gasteiger partial charge in [0.1, 0.15) is 0 Å². The number of hydrogen-bond acceptors (Lipinski definition) is 4. The summed E-state index contributed by atoms with van der Waals surface area (Å²) in [7, 11) is 0. The number of nitrogens with zero attached hydrogens (tertiary/aromatic N) is 2. The number of rotatable bonds is 3. The van der Waals surface area contributed by atoms with Crippen LogP contribution in [0, 0.1) is 0 Å². The smallest absolute Gasteiger partial charge is 0.253 e. The van der Waals surface area contributed by atoms with Gasteiger partial charge in [-0.05, 0) is 19.1 Å². The Bertz CT molecular complexity index is 991. The number of hydrogen-bond donors (Lipinski definition) is 2. The lowest BCUT2D eigenvalue weighted by Gasteiger charge is -2.10. The number of ketones is 1. The van der Waals surface area contributed by atoms with E-state index in [1.54, 1.807) is 18.3 Å². The number of amides is 1. The van der Waals surface area contributed by atoms with Gasteiger partial charge in [0.25, 0.3) is 5.91 Å². The predicted octanol–water partition coefficient (Wildman–Crippen LogP) is 3.65. The molecule has 1 aliphatic heterocycles. The van der Waals surface area contributed by atoms with E-state index in [1.807, 2.05) is 38.1 Å². The Morgan fingerprint density at radius 2 is 1.89 bits per heavy atom. The molecule has 6 heteroatoms. The van der Waals surface area contributed by atoms with Crippen LogP contribution in [0.4, 0.5) is 0 Å². The quantitative estimate of drug-likeness (QED) is 0.696. The minimum atomic E-state index is -0.0695. The van der Waals surface area contributed by atoms with E-state index in [2.05, 4.69) is 20.3 Å². The maximum atomic E-state index is 11.9. The van der Waals surface area contributed by atoms with Gasteiger partial charge in [-0.3, -0.25) is 9.59 Å². The van der Waals surface area contributed by atoms with Crippen molar-refractivity contribution in [1.82, 2.24) is 20.3 Å². The zero-order chi connectivity index (χ0) is 19.4. The molecule has 3 aromatic rings. The zero-order valence-electron chi connectivity index (χ0n) is 15.7. The Balaban J connectivity index is 0.00000102. The molecular weight excluding hydrogens is 340 g/mol. The van der Waals surface area contributed by atoms with Crippen molar-refractivity contribution in [3.05, 3.63) is 59.4 Å². The molecule has 2 aromatic heterocycles. The van der Waals surface area contributed by atoms with E-state index in [-0.39, 0.29) is 11.7 Å². The predicted molar refractivity (Wildman–Crippen MR) is 105 cm³/mol. The molecule has 0 bridgehead atoms. The lowest BCUT2D eigenvalue weighted by atomic mass is 10.0. The molecule has 4 rings (SSSR count). The average Bonchev–Trinajstić information content (AvgIpc) is 3.15. The molecular formula is C21H22N4O2. The van der Waals surface area contributed by atoms with Crippen LogP contribution in [-0.2, 0) is 6.42 Å². The van der Waals surface area contributed by atoms with Gasteiger partial charge in [0.15, 0.2) is 11.6 Å². The molecule has 1 aliphatic rings. The third-order valence-corrected chi connectivity index (χ3v) is 4.28. The Morgan fingerprint density at radius 3 is 2.63 bits per heavy atom. The molecule has 27 heavy (non-hydrogen) atoms. The van der Waals surface area contributed by atoms with E-state index in [0.717, 1.165) is 17.8 Å². The van der Waals surface area contributed by atoms with Gasteiger partial charge in [0.05, 0.1) is 17.0 Å². The van der Waals surface area contributed by atoms with Crippen LogP contribution in [0.5, 0.6) is 0 Å². The SMILES string of the molecule is CC.CC(=O)c1ccccc1-c1nccc(-c2cc3c([nH]2)CCNC3=O)n1. The van der Waals surface area contributed by atoms with Crippen LogP contribution in [0.15, 0.2) is 42.6 Å². The molecule has 0 radical (unpaired) electrons. The zero-order valence-corrected chi connectivity index (χ0v) is 15.7. The van der Waals surface area contributed by atoms with Crippen molar-refractivity contribution >= 4 is 11.7 Å². The van der Waals surface area contributed by atoms with E-state index in [0.29, 0.717) is 34.8 Å². The Kier molecular flexibility index (Phi) is 5.45. The molecule has 3 heterocycles. The van der Waals surface area contributed by atoms with E-state index < -0.39 is 0 Å². The van der Waals surface area contributed by atoms with Crippen molar-refractivity contribution in [3.63, 3.8) is 0 Å². The molecule has 0 atom stereocenters. The first-order valence-electron chi connectivity index (χ1n) is 9.07. The van der Waals surface area contributed by atoms with E-state index in [1.165, 1.54) is 6.92 Å². The van der Waals surface area contributed by atoms with E-state index >= 15 is 0 Å². The molecule has 6 nitrogen and oxygen atoms in total. The first-order valence-corrected chi connectivity index (χ1v) is 9.07. The van der Waals surface area contributed by atoms with Crippen LogP contribution in [0.25, 0.3) is 22.8 Å². The van der Waals surface area contributed by atoms with Crippen molar-refractivity contribution < 1.29 is 9.59 Å². The topological polar surface area (TPSA) is 87.7 Å². The second-order valence-corrected chi connectivity index (χ2v) is 5.95. The largest absolute Gasteiger partial charge is 0.356 e. The highest BCUT2D eigenvalue weighted by atomic mass is 16.1. The summed E-state index contributed by atoms with van der Waals surface area (Å²) in [6.45, 7) is 6.16. The first-order chi connectivity index (χ1) is 13.1. The molecule has 0 saturated heterocycles. The molecule has 138 valence electrons. The van der Waals surface area contributed by atoms with Crippen molar-refractivity contribution in [1.29, 1.82) is 0 Å². The molecule has 1 aromatic carbocycles. The lowest BCUT2D eigenvalue weighted by Crippen LogP contribution is -2.31. The number of benzene rings is 1. The van der Waals surface area contributed by atoms with Gasteiger partial charge in [-0.1, -0.05) is 38.1 Å². The van der Waals surface area contributed by atoms with Crippen LogP contribution in [0.1, 0.15) is 47.2 Å². The number of fused-ring (bicyclic) bond motifs is 1. The van der Waals surface area contributed by atoms with Crippen LogP contribution >= 0.6 is 0 Å². The fraction of sp³-hybridized carbons (Fsp3) is 0.238. The van der Waals surface area contributed by atoms with Gasteiger partial charge in [0, 0.05) is 36.0 Å². The maximum Gasteiger partial charge on any atom is 0.253 e. The molecule has 0 spiro atoms. The first kappa shape index (κ1) is 18.5. The third-order valence-electron chi connectivity index (χ3n) is 4.28. The third kappa shape index (κ3) is 3.65. The van der Waals surface area contributed by atoms with Crippen molar-refractivity contribution in [3.8, 4) is 22.8 Å². The standard InChI is InChI=1S/C19H16N4O2.C2H6/c1-11(24)12-4-2-3-5-13(12)18-20-8-7-16(23-18)17-10-14-15(22-17)6-9-21-19(14)25;1-2/h2-5,7-8,10,22H,6,9H2,1H3,(H,21,25);1-2H3. The number of Topliss-reactive ketones (excluding diaryl/α,β-unsaturated/α-hetero) is 1. The second-order valence-electron chi connectivity index (χ2n) is 5.95. The Morgan fingerprint density at radius 1 is 1.11 bits per heavy atom. The summed E-state index contributed by atoms with van der Waals surface area (Å²) >= 11 is 0. The van der Waals surface area contributed by atoms with Crippen LogP contribution in [0.2, 0.25) is 0 Å². The number of aromatic amines is 1. The molecule has 0 saturated carbocycles. The van der Waals surface area contributed by atoms with Crippen LogP contribution in [0.3, 0.4) is 0 Å². The monoisotopic (exact) mass is 362 g/mol. The number of nitrogens with one attached hydrogen (secondary N) is 2. The normalized spacial score (nSPS) is 12.5. The highest BCUT2D eigenvalue weighted by Gasteiger charge is 2.20. The van der Waals surface area contributed by atoms with E-state index in [9.17, 15) is 9.59 Å². The summed E-state index contributed by atoms with van der Waals surface area (Å²) < 4.78 is 0. The summed E-state index contributed by atoms with van der Waals surface area (Å²) in [4.78, 5) is 36.0. The van der Waals surface area contributed by atoms with Crippen molar-refractivity contribution in [2.45, 2.75) is 27.2 Å². The number of aromatic nitrogens is 3. The summed E-state index contributed by atoms with van der Waals surface area (Å²) in [6, 6.07) is 10.9. The van der Waals surface area contributed by atoms with Crippen molar-refractivity contribution in [2.24, 2.45) is 0 Å². The summed E-state index contributed by atoms with van der Waals surface area (Å²) in [5.41, 5.74) is 4.32. The summed E-state index contributed by atoms with van der Waals surface area (Å²) in [5.74, 6) is 0.386. The van der Waals surface area contributed by atoms with Crippen molar-refractivity contribution in [2.75, 3.05) is 6.54 Å². The minimum absolute atomic E-state index is 0.0309. The number of H-pyrrole nitrogens is 1. The molecule has 2 N–H and O–H groups in total. The summed E-state index contributed by atoms with van der Waals surface area (Å²) in [6.07, 6.45) is 2.43. The molecule has 0 fully saturated rings. The van der Waals surface area contributed by atoms with Gasteiger partial charge < -0.3 is 10.3 Å². The van der Waals surface area contributed by atoms with Gasteiger partial charge in [-0.25, -0.2) is 9.97 Å². The molecule has 0 aliphatic carbocycles. The van der Waals surface area contributed by atoms with Gasteiger partial charge >= 0.3 is 0 Å². The lowest BCUT2D eigenvalue weighted by molar-refractivity contribution is 0.0945. The summed E-state index contributed by atoms with van der Waals surface area (Å²) in [5, 5.41) is 2.83. The van der Waals surface area contributed by atoms with Crippen LogP contribution < -0.4 is 5.32 Å². The maximum absolute atomic E-state index is 11.9. The second kappa shape index (κ2) is 7.95.